The molecule has 1 unspecified atom stereocenters. The molecule has 1 aromatic carbocycles. The highest BCUT2D eigenvalue weighted by atomic mass is 35.5. The molecule has 2 N–H and O–H groups in total. The van der Waals surface area contributed by atoms with Gasteiger partial charge >= 0.3 is 0 Å². The van der Waals surface area contributed by atoms with Gasteiger partial charge in [0.05, 0.1) is 37.5 Å². The van der Waals surface area contributed by atoms with E-state index in [1.165, 1.54) is 6.07 Å². The molecule has 3 fully saturated rings. The number of nitrogens with zero attached hydrogens (tertiary/aromatic N) is 2. The molecule has 0 saturated carbocycles. The van der Waals surface area contributed by atoms with Gasteiger partial charge in [-0.2, -0.15) is 9.97 Å². The summed E-state index contributed by atoms with van der Waals surface area (Å²) in [6.07, 6.45) is -1.15. The fraction of sp³-hybridized carbons (Fsp3) is 0.500. The summed E-state index contributed by atoms with van der Waals surface area (Å²) in [6.45, 7) is 1.55. The molecule has 5 atom stereocenters. The number of aliphatic hydroxyl groups excluding tert-OH is 1. The predicted octanol–water partition coefficient (Wildman–Crippen LogP) is 2.79. The molecule has 3 aliphatic rings. The fourth-order valence-electron chi connectivity index (χ4n) is 4.60. The first-order valence-electron chi connectivity index (χ1n) is 11.9. The second kappa shape index (κ2) is 10.2. The molecule has 5 heterocycles. The molecule has 3 aliphatic heterocycles. The molecule has 198 valence electrons. The standard InChI is InChI=1S/C24H24ClF2N3O7/c25-14-5-17-22(30-24(28-17)37-19-10-35-20-18(31)9-34-21(19)20)29-23(14)36-8-13-15(26)3-12(4-16(13)27)33-7-11-1-2-32-6-11/h3-5,11,18-21,31H,1-2,6-10H2,(H,28,29,30)/t11?,18-,19-,20-,21-/m1/s1. The van der Waals surface area contributed by atoms with Crippen LogP contribution in [0.3, 0.4) is 0 Å². The first kappa shape index (κ1) is 24.6. The zero-order valence-corrected chi connectivity index (χ0v) is 20.2. The lowest BCUT2D eigenvalue weighted by Crippen LogP contribution is -2.34. The van der Waals surface area contributed by atoms with Crippen LogP contribution in [0.5, 0.6) is 17.6 Å². The summed E-state index contributed by atoms with van der Waals surface area (Å²) < 4.78 is 62.6. The van der Waals surface area contributed by atoms with Crippen molar-refractivity contribution >= 4 is 22.8 Å². The lowest BCUT2D eigenvalue weighted by Gasteiger charge is -2.15. The zero-order chi connectivity index (χ0) is 25.5. The molecule has 3 saturated heterocycles. The molecule has 0 amide bonds. The zero-order valence-electron chi connectivity index (χ0n) is 19.5. The molecule has 0 spiro atoms. The molecule has 37 heavy (non-hydrogen) atoms. The smallest absolute Gasteiger partial charge is 0.296 e. The van der Waals surface area contributed by atoms with Gasteiger partial charge in [-0.25, -0.2) is 8.78 Å². The maximum Gasteiger partial charge on any atom is 0.296 e. The third-order valence-corrected chi connectivity index (χ3v) is 6.87. The van der Waals surface area contributed by atoms with Crippen molar-refractivity contribution in [2.45, 2.75) is 37.4 Å². The van der Waals surface area contributed by atoms with Gasteiger partial charge in [0.25, 0.3) is 6.01 Å². The molecular weight excluding hydrogens is 516 g/mol. The van der Waals surface area contributed by atoms with E-state index in [1.807, 2.05) is 0 Å². The van der Waals surface area contributed by atoms with Crippen LogP contribution in [0.15, 0.2) is 18.2 Å². The average molecular weight is 540 g/mol. The van der Waals surface area contributed by atoms with Gasteiger partial charge in [-0.05, 0) is 12.5 Å². The van der Waals surface area contributed by atoms with Crippen molar-refractivity contribution in [3.8, 4) is 17.6 Å². The van der Waals surface area contributed by atoms with Gasteiger partial charge in [0.15, 0.2) is 11.8 Å². The van der Waals surface area contributed by atoms with Gasteiger partial charge in [0.2, 0.25) is 5.88 Å². The summed E-state index contributed by atoms with van der Waals surface area (Å²) in [5, 5.41) is 10.00. The molecular formula is C24H24ClF2N3O7. The van der Waals surface area contributed by atoms with Gasteiger partial charge in [0.1, 0.15) is 47.3 Å². The van der Waals surface area contributed by atoms with Crippen LogP contribution in [0.4, 0.5) is 8.78 Å². The van der Waals surface area contributed by atoms with Gasteiger partial charge in [-0.3, -0.25) is 0 Å². The number of halogens is 3. The Kier molecular flexibility index (Phi) is 6.76. The minimum absolute atomic E-state index is 0.0425. The summed E-state index contributed by atoms with van der Waals surface area (Å²) in [4.78, 5) is 11.5. The summed E-state index contributed by atoms with van der Waals surface area (Å²) in [5.74, 6) is -1.34. The lowest BCUT2D eigenvalue weighted by molar-refractivity contribution is 0.00706. The Hall–Kier alpha value is -2.77. The van der Waals surface area contributed by atoms with E-state index in [2.05, 4.69) is 15.0 Å². The number of benzene rings is 1. The van der Waals surface area contributed by atoms with Crippen LogP contribution in [0.2, 0.25) is 5.02 Å². The minimum atomic E-state index is -0.804. The second-order valence-corrected chi connectivity index (χ2v) is 9.61. The quantitative estimate of drug-likeness (QED) is 0.445. The number of aromatic amines is 1. The largest absolute Gasteiger partial charge is 0.493 e. The Labute approximate surface area is 214 Å². The number of ether oxygens (including phenoxy) is 6. The molecule has 2 aromatic heterocycles. The van der Waals surface area contributed by atoms with E-state index in [4.69, 9.17) is 40.0 Å². The summed E-state index contributed by atoms with van der Waals surface area (Å²) >= 11 is 6.28. The molecule has 0 aliphatic carbocycles. The van der Waals surface area contributed by atoms with Crippen LogP contribution in [-0.2, 0) is 20.8 Å². The van der Waals surface area contributed by atoms with Crippen LogP contribution in [-0.4, -0.2) is 77.5 Å². The number of nitrogens with one attached hydrogen (secondary N) is 1. The van der Waals surface area contributed by atoms with E-state index in [0.29, 0.717) is 25.3 Å². The Balaban J connectivity index is 1.12. The average Bonchev–Trinajstić information content (AvgIpc) is 3.65. The Bertz CT molecular complexity index is 1270. The number of fused-ring (bicyclic) bond motifs is 2. The number of imidazole rings is 1. The Morgan fingerprint density at radius 1 is 1.05 bits per heavy atom. The number of hydrogen-bond acceptors (Lipinski definition) is 9. The van der Waals surface area contributed by atoms with Crippen molar-refractivity contribution in [1.29, 1.82) is 0 Å². The van der Waals surface area contributed by atoms with E-state index in [1.54, 1.807) is 0 Å². The van der Waals surface area contributed by atoms with Crippen LogP contribution >= 0.6 is 11.6 Å². The SMILES string of the molecule is O[C@@H]1CO[C@H]2[C@@H]1OC[C@H]2Oc1nc2nc(OCc3c(F)cc(OCC4CCOC4)cc3F)c(Cl)cc2[nH]1. The van der Waals surface area contributed by atoms with Crippen LogP contribution in [0.1, 0.15) is 12.0 Å². The highest BCUT2D eigenvalue weighted by molar-refractivity contribution is 6.32. The summed E-state index contributed by atoms with van der Waals surface area (Å²) in [7, 11) is 0. The fourth-order valence-corrected chi connectivity index (χ4v) is 4.80. The number of H-pyrrole nitrogens is 1. The molecule has 6 rings (SSSR count). The first-order valence-corrected chi connectivity index (χ1v) is 12.3. The normalized spacial score (nSPS) is 27.1. The number of hydrogen-bond donors (Lipinski definition) is 2. The topological polar surface area (TPSA) is 117 Å². The number of aliphatic hydroxyl groups is 1. The van der Waals surface area contributed by atoms with E-state index >= 15 is 0 Å². The maximum atomic E-state index is 14.6. The van der Waals surface area contributed by atoms with Crippen molar-refractivity contribution in [3.63, 3.8) is 0 Å². The maximum absolute atomic E-state index is 14.6. The van der Waals surface area contributed by atoms with Crippen molar-refractivity contribution in [1.82, 2.24) is 15.0 Å². The van der Waals surface area contributed by atoms with Crippen molar-refractivity contribution < 1.29 is 42.3 Å². The van der Waals surface area contributed by atoms with E-state index in [-0.39, 0.29) is 53.0 Å². The van der Waals surface area contributed by atoms with Gasteiger partial charge in [-0.15, -0.1) is 0 Å². The van der Waals surface area contributed by atoms with Crippen LogP contribution in [0, 0.1) is 17.6 Å². The van der Waals surface area contributed by atoms with Crippen molar-refractivity contribution in [2.75, 3.05) is 33.0 Å². The third kappa shape index (κ3) is 5.04. The number of pyridine rings is 1. The lowest BCUT2D eigenvalue weighted by atomic mass is 10.1. The van der Waals surface area contributed by atoms with E-state index in [0.717, 1.165) is 18.6 Å². The molecule has 0 bridgehead atoms. The molecule has 13 heteroatoms. The Morgan fingerprint density at radius 2 is 1.86 bits per heavy atom. The first-order chi connectivity index (χ1) is 17.9. The van der Waals surface area contributed by atoms with Gasteiger partial charge < -0.3 is 38.5 Å². The molecule has 10 nitrogen and oxygen atoms in total. The second-order valence-electron chi connectivity index (χ2n) is 9.20. The minimum Gasteiger partial charge on any atom is -0.493 e. The summed E-state index contributed by atoms with van der Waals surface area (Å²) in [5.41, 5.74) is 0.426. The van der Waals surface area contributed by atoms with Gasteiger partial charge in [-0.1, -0.05) is 11.6 Å². The monoisotopic (exact) mass is 539 g/mol. The van der Waals surface area contributed by atoms with E-state index in [9.17, 15) is 13.9 Å². The van der Waals surface area contributed by atoms with Gasteiger partial charge in [0, 0.05) is 24.7 Å². The molecule has 3 aromatic rings. The van der Waals surface area contributed by atoms with Crippen LogP contribution in [0.25, 0.3) is 11.2 Å². The number of aromatic nitrogens is 3. The predicted molar refractivity (Wildman–Crippen MR) is 124 cm³/mol. The third-order valence-electron chi connectivity index (χ3n) is 6.60. The van der Waals surface area contributed by atoms with Crippen LogP contribution < -0.4 is 14.2 Å². The molecule has 0 radical (unpaired) electrons. The van der Waals surface area contributed by atoms with Crippen molar-refractivity contribution in [3.05, 3.63) is 40.4 Å². The number of rotatable bonds is 8. The highest BCUT2D eigenvalue weighted by Gasteiger charge is 2.48. The summed E-state index contributed by atoms with van der Waals surface area (Å²) in [6, 6.07) is 3.93. The Morgan fingerprint density at radius 3 is 2.65 bits per heavy atom. The van der Waals surface area contributed by atoms with E-state index < -0.39 is 42.7 Å². The highest BCUT2D eigenvalue weighted by Crippen LogP contribution is 2.32. The van der Waals surface area contributed by atoms with Crippen molar-refractivity contribution in [2.24, 2.45) is 5.92 Å².